The maximum atomic E-state index is 12.9. The van der Waals surface area contributed by atoms with Crippen LogP contribution in [-0.2, 0) is 4.79 Å². The van der Waals surface area contributed by atoms with Gasteiger partial charge in [0.15, 0.2) is 5.17 Å². The summed E-state index contributed by atoms with van der Waals surface area (Å²) in [6.45, 7) is 0. The fourth-order valence-corrected chi connectivity index (χ4v) is 3.82. The smallest absolute Gasteiger partial charge is 0.271 e. The molecule has 0 saturated carbocycles. The number of amides is 1. The molecule has 0 atom stereocenters. The number of nitrogens with zero attached hydrogens (tertiary/aromatic N) is 3. The molecule has 5 nitrogen and oxygen atoms in total. The first-order chi connectivity index (χ1) is 11.8. The monoisotopic (exact) mass is 352 g/mol. The molecule has 1 N–H and O–H groups in total. The number of aromatic amines is 1. The molecule has 3 aromatic rings. The third kappa shape index (κ3) is 2.91. The number of carbonyl (C=O) groups is 1. The van der Waals surface area contributed by atoms with Crippen molar-refractivity contribution in [2.75, 3.05) is 4.90 Å². The molecule has 24 heavy (non-hydrogen) atoms. The summed E-state index contributed by atoms with van der Waals surface area (Å²) in [5.41, 5.74) is 1.68. The van der Waals surface area contributed by atoms with E-state index in [0.29, 0.717) is 15.2 Å². The van der Waals surface area contributed by atoms with E-state index in [1.54, 1.807) is 11.1 Å². The Balaban J connectivity index is 1.77. The summed E-state index contributed by atoms with van der Waals surface area (Å²) in [6, 6.07) is 13.3. The number of amidine groups is 1. The van der Waals surface area contributed by atoms with Crippen LogP contribution in [0.3, 0.4) is 0 Å². The molecule has 3 heterocycles. The van der Waals surface area contributed by atoms with E-state index in [2.05, 4.69) is 15.0 Å². The lowest BCUT2D eigenvalue weighted by Gasteiger charge is -2.14. The molecule has 1 saturated heterocycles. The highest BCUT2D eigenvalue weighted by atomic mass is 32.2. The fourth-order valence-electron chi connectivity index (χ4n) is 2.28. The molecular formula is C17H12N4OS2. The third-order valence-corrected chi connectivity index (χ3v) is 4.97. The number of thioether (sulfide) groups is 1. The van der Waals surface area contributed by atoms with Crippen LogP contribution < -0.4 is 4.90 Å². The predicted octanol–water partition coefficient (Wildman–Crippen LogP) is 4.28. The Kier molecular flexibility index (Phi) is 4.02. The van der Waals surface area contributed by atoms with Gasteiger partial charge in [0.1, 0.15) is 0 Å². The van der Waals surface area contributed by atoms with Gasteiger partial charge in [0.25, 0.3) is 5.91 Å². The van der Waals surface area contributed by atoms with E-state index < -0.39 is 0 Å². The first-order valence-electron chi connectivity index (χ1n) is 7.22. The highest BCUT2D eigenvalue weighted by Gasteiger charge is 2.34. The number of anilines is 1. The van der Waals surface area contributed by atoms with Crippen molar-refractivity contribution in [1.82, 2.24) is 9.97 Å². The van der Waals surface area contributed by atoms with Crippen molar-refractivity contribution in [1.29, 1.82) is 0 Å². The standard InChI is InChI=1S/C17H12N4OS2/c22-15-14(11-12-5-4-8-18-12)24-17(20-16-19-9-10-23-16)21(15)13-6-2-1-3-7-13/h1-11,18H/b14-11+,20-17+. The molecule has 4 rings (SSSR count). The van der Waals surface area contributed by atoms with Gasteiger partial charge in [0.2, 0.25) is 5.13 Å². The maximum absolute atomic E-state index is 12.9. The Morgan fingerprint density at radius 1 is 1.17 bits per heavy atom. The molecule has 118 valence electrons. The topological polar surface area (TPSA) is 61.4 Å². The molecule has 1 aromatic carbocycles. The van der Waals surface area contributed by atoms with Crippen molar-refractivity contribution < 1.29 is 4.79 Å². The van der Waals surface area contributed by atoms with Crippen LogP contribution >= 0.6 is 23.1 Å². The van der Waals surface area contributed by atoms with Crippen LogP contribution in [0.2, 0.25) is 0 Å². The van der Waals surface area contributed by atoms with Crippen molar-refractivity contribution in [2.24, 2.45) is 4.99 Å². The van der Waals surface area contributed by atoms with E-state index >= 15 is 0 Å². The number of rotatable bonds is 3. The molecule has 0 unspecified atom stereocenters. The van der Waals surface area contributed by atoms with Gasteiger partial charge >= 0.3 is 0 Å². The highest BCUT2D eigenvalue weighted by Crippen LogP contribution is 2.37. The zero-order chi connectivity index (χ0) is 16.4. The SMILES string of the molecule is O=C1/C(=C\c2ccc[nH]2)S/C(=N/c2nccs2)N1c1ccccc1. The molecule has 0 aliphatic carbocycles. The van der Waals surface area contributed by atoms with Crippen LogP contribution in [0.25, 0.3) is 6.08 Å². The van der Waals surface area contributed by atoms with Gasteiger partial charge in [-0.15, -0.1) is 11.3 Å². The molecule has 1 aliphatic heterocycles. The quantitative estimate of drug-likeness (QED) is 0.716. The minimum absolute atomic E-state index is 0.0869. The Labute approximate surface area is 146 Å². The molecule has 1 aliphatic rings. The number of aromatic nitrogens is 2. The van der Waals surface area contributed by atoms with Crippen LogP contribution in [0.1, 0.15) is 5.69 Å². The lowest BCUT2D eigenvalue weighted by Crippen LogP contribution is -2.28. The molecule has 1 amide bonds. The van der Waals surface area contributed by atoms with Crippen molar-refractivity contribution >= 4 is 51.1 Å². The first kappa shape index (κ1) is 14.9. The summed E-state index contributed by atoms with van der Waals surface area (Å²) in [5.74, 6) is -0.0869. The van der Waals surface area contributed by atoms with Crippen LogP contribution in [-0.4, -0.2) is 21.0 Å². The number of thiazole rings is 1. The van der Waals surface area contributed by atoms with Gasteiger partial charge in [-0.3, -0.25) is 9.69 Å². The number of para-hydroxylation sites is 1. The van der Waals surface area contributed by atoms with E-state index in [9.17, 15) is 4.79 Å². The van der Waals surface area contributed by atoms with Crippen molar-refractivity contribution in [3.63, 3.8) is 0 Å². The maximum Gasteiger partial charge on any atom is 0.271 e. The summed E-state index contributed by atoms with van der Waals surface area (Å²) in [5, 5.41) is 3.11. The molecule has 0 bridgehead atoms. The van der Waals surface area contributed by atoms with E-state index in [1.807, 2.05) is 60.1 Å². The minimum Gasteiger partial charge on any atom is -0.362 e. The molecule has 7 heteroatoms. The zero-order valence-corrected chi connectivity index (χ0v) is 14.1. The van der Waals surface area contributed by atoms with Gasteiger partial charge in [0.05, 0.1) is 10.6 Å². The number of carbonyl (C=O) groups excluding carboxylic acids is 1. The normalized spacial score (nSPS) is 18.0. The fraction of sp³-hybridized carbons (Fsp3) is 0. The van der Waals surface area contributed by atoms with E-state index in [1.165, 1.54) is 23.1 Å². The number of benzene rings is 1. The average Bonchev–Trinajstić information content (AvgIpc) is 3.33. The minimum atomic E-state index is -0.0869. The molecule has 1 fully saturated rings. The van der Waals surface area contributed by atoms with E-state index in [0.717, 1.165) is 11.4 Å². The summed E-state index contributed by atoms with van der Waals surface area (Å²) in [7, 11) is 0. The predicted molar refractivity (Wildman–Crippen MR) is 99.5 cm³/mol. The summed E-state index contributed by atoms with van der Waals surface area (Å²) >= 11 is 2.79. The summed E-state index contributed by atoms with van der Waals surface area (Å²) in [6.07, 6.45) is 5.37. The van der Waals surface area contributed by atoms with Crippen LogP contribution in [0.15, 0.2) is 70.1 Å². The number of hydrogen-bond acceptors (Lipinski definition) is 5. The summed E-state index contributed by atoms with van der Waals surface area (Å²) < 4.78 is 0. The van der Waals surface area contributed by atoms with E-state index in [4.69, 9.17) is 0 Å². The van der Waals surface area contributed by atoms with Crippen LogP contribution in [0.5, 0.6) is 0 Å². The highest BCUT2D eigenvalue weighted by molar-refractivity contribution is 8.19. The van der Waals surface area contributed by atoms with Gasteiger partial charge in [-0.1, -0.05) is 18.2 Å². The molecule has 0 radical (unpaired) electrons. The lowest BCUT2D eigenvalue weighted by atomic mass is 10.3. The summed E-state index contributed by atoms with van der Waals surface area (Å²) in [4.78, 5) is 27.0. The average molecular weight is 352 g/mol. The largest absolute Gasteiger partial charge is 0.362 e. The zero-order valence-electron chi connectivity index (χ0n) is 12.4. The lowest BCUT2D eigenvalue weighted by molar-refractivity contribution is -0.113. The van der Waals surface area contributed by atoms with Gasteiger partial charge in [0, 0.05) is 23.5 Å². The van der Waals surface area contributed by atoms with Crippen LogP contribution in [0, 0.1) is 0 Å². The van der Waals surface area contributed by atoms with Gasteiger partial charge in [-0.25, -0.2) is 4.98 Å². The van der Waals surface area contributed by atoms with E-state index in [-0.39, 0.29) is 5.91 Å². The Morgan fingerprint density at radius 3 is 2.75 bits per heavy atom. The Bertz CT molecular complexity index is 899. The third-order valence-electron chi connectivity index (χ3n) is 3.34. The van der Waals surface area contributed by atoms with Crippen molar-refractivity contribution in [3.05, 3.63) is 70.8 Å². The van der Waals surface area contributed by atoms with Crippen molar-refractivity contribution in [3.8, 4) is 0 Å². The first-order valence-corrected chi connectivity index (χ1v) is 8.91. The molecule has 0 spiro atoms. The van der Waals surface area contributed by atoms with Gasteiger partial charge < -0.3 is 4.98 Å². The number of nitrogens with one attached hydrogen (secondary N) is 1. The molecular weight excluding hydrogens is 340 g/mol. The Morgan fingerprint density at radius 2 is 2.04 bits per heavy atom. The van der Waals surface area contributed by atoms with Crippen molar-refractivity contribution in [2.45, 2.75) is 0 Å². The molecule has 2 aromatic heterocycles. The second kappa shape index (κ2) is 6.46. The van der Waals surface area contributed by atoms with Crippen LogP contribution in [0.4, 0.5) is 10.8 Å². The number of aliphatic imine (C=N–C) groups is 1. The second-order valence-corrected chi connectivity index (χ2v) is 6.80. The van der Waals surface area contributed by atoms with Gasteiger partial charge in [-0.05, 0) is 42.1 Å². The Hall–Kier alpha value is -2.64. The number of hydrogen-bond donors (Lipinski definition) is 1. The number of H-pyrrole nitrogens is 1. The van der Waals surface area contributed by atoms with Gasteiger partial charge in [-0.2, -0.15) is 4.99 Å². The second-order valence-electron chi connectivity index (χ2n) is 4.92.